The van der Waals surface area contributed by atoms with E-state index in [0.717, 1.165) is 27.0 Å². The summed E-state index contributed by atoms with van der Waals surface area (Å²) in [5.41, 5.74) is 3.74. The summed E-state index contributed by atoms with van der Waals surface area (Å²) in [4.78, 5) is 17.3. The first-order valence-corrected chi connectivity index (χ1v) is 13.2. The highest BCUT2D eigenvalue weighted by atomic mass is 16.6. The number of ether oxygens (including phenoxy) is 2. The normalized spacial score (nSPS) is 11.8. The maximum atomic E-state index is 12.3. The van der Waals surface area contributed by atoms with Gasteiger partial charge in [-0.05, 0) is 29.2 Å². The number of pyridine rings is 1. The predicted octanol–water partition coefficient (Wildman–Crippen LogP) is 6.07. The van der Waals surface area contributed by atoms with Crippen molar-refractivity contribution < 1.29 is 29.0 Å². The predicted molar refractivity (Wildman–Crippen MR) is 153 cm³/mol. The molecule has 1 atom stereocenters. The molecular formula is C34H31N2O5+. The van der Waals surface area contributed by atoms with Gasteiger partial charge in [-0.1, -0.05) is 121 Å². The molecule has 0 aliphatic heterocycles. The van der Waals surface area contributed by atoms with E-state index in [0.29, 0.717) is 5.75 Å². The molecule has 0 fully saturated rings. The summed E-state index contributed by atoms with van der Waals surface area (Å²) >= 11 is 0. The van der Waals surface area contributed by atoms with Crippen molar-refractivity contribution in [3.8, 4) is 11.5 Å². The number of rotatable bonds is 11. The van der Waals surface area contributed by atoms with Crippen molar-refractivity contribution in [3.63, 3.8) is 0 Å². The summed E-state index contributed by atoms with van der Waals surface area (Å²) in [5.74, 6) is 5.63. The van der Waals surface area contributed by atoms with Crippen molar-refractivity contribution in [2.45, 2.75) is 25.2 Å². The Hall–Kier alpha value is -4.98. The van der Waals surface area contributed by atoms with Crippen molar-refractivity contribution in [1.29, 1.82) is 0 Å². The Balaban J connectivity index is 1.65. The Kier molecular flexibility index (Phi) is 8.69. The molecule has 41 heavy (non-hydrogen) atoms. The minimum atomic E-state index is -1.22. The van der Waals surface area contributed by atoms with E-state index in [1.54, 1.807) is 0 Å². The van der Waals surface area contributed by atoms with Crippen LogP contribution in [0.1, 0.15) is 53.2 Å². The average molecular weight is 548 g/mol. The van der Waals surface area contributed by atoms with Gasteiger partial charge in [-0.25, -0.2) is 5.90 Å². The Bertz CT molecular complexity index is 1490. The molecule has 0 amide bonds. The van der Waals surface area contributed by atoms with Crippen LogP contribution in [0.5, 0.6) is 11.5 Å². The van der Waals surface area contributed by atoms with E-state index >= 15 is 0 Å². The summed E-state index contributed by atoms with van der Waals surface area (Å²) in [6.07, 6.45) is -0.899. The van der Waals surface area contributed by atoms with Gasteiger partial charge in [0.05, 0.1) is 6.07 Å². The summed E-state index contributed by atoms with van der Waals surface area (Å²) in [6, 6.07) is 40.7. The fourth-order valence-corrected chi connectivity index (χ4v) is 4.69. The molecule has 0 bridgehead atoms. The van der Waals surface area contributed by atoms with Crippen LogP contribution < -0.4 is 20.1 Å². The van der Waals surface area contributed by atoms with Crippen molar-refractivity contribution in [2.24, 2.45) is 5.90 Å². The molecule has 7 heteroatoms. The van der Waals surface area contributed by atoms with E-state index in [1.807, 2.05) is 121 Å². The zero-order valence-electron chi connectivity index (χ0n) is 22.5. The van der Waals surface area contributed by atoms with E-state index in [2.05, 4.69) is 0 Å². The van der Waals surface area contributed by atoms with E-state index in [-0.39, 0.29) is 17.2 Å². The van der Waals surface area contributed by atoms with E-state index in [1.165, 1.54) is 19.2 Å². The zero-order chi connectivity index (χ0) is 28.6. The molecule has 0 saturated carbocycles. The fourth-order valence-electron chi connectivity index (χ4n) is 4.69. The van der Waals surface area contributed by atoms with Crippen LogP contribution in [0.3, 0.4) is 0 Å². The van der Waals surface area contributed by atoms with Gasteiger partial charge in [-0.3, -0.25) is 14.8 Å². The van der Waals surface area contributed by atoms with Gasteiger partial charge in [0, 0.05) is 4.73 Å². The lowest BCUT2D eigenvalue weighted by atomic mass is 10.0. The van der Waals surface area contributed by atoms with Crippen LogP contribution in [0.25, 0.3) is 0 Å². The van der Waals surface area contributed by atoms with Gasteiger partial charge in [0.15, 0.2) is 11.5 Å². The Morgan fingerprint density at radius 3 is 1.37 bits per heavy atom. The molecule has 0 saturated heterocycles. The lowest BCUT2D eigenvalue weighted by Crippen LogP contribution is -2.39. The Labute approximate surface area is 238 Å². The van der Waals surface area contributed by atoms with Crippen LogP contribution in [0.2, 0.25) is 0 Å². The third-order valence-corrected chi connectivity index (χ3v) is 6.70. The van der Waals surface area contributed by atoms with Crippen LogP contribution in [-0.4, -0.2) is 11.0 Å². The summed E-state index contributed by atoms with van der Waals surface area (Å²) in [6.45, 7) is 1.33. The van der Waals surface area contributed by atoms with Gasteiger partial charge >= 0.3 is 0 Å². The van der Waals surface area contributed by atoms with Crippen molar-refractivity contribution >= 4 is 5.78 Å². The van der Waals surface area contributed by atoms with Gasteiger partial charge < -0.3 is 9.47 Å². The maximum Gasteiger partial charge on any atom is 0.276 e. The molecule has 5 aromatic rings. The molecule has 1 heterocycles. The number of carbonyl (C=O) groups is 1. The topological polar surface area (TPSA) is 94.9 Å². The molecule has 0 aliphatic carbocycles. The average Bonchev–Trinajstić information content (AvgIpc) is 3.02. The van der Waals surface area contributed by atoms with Gasteiger partial charge in [-0.2, -0.15) is 0 Å². The van der Waals surface area contributed by atoms with Crippen LogP contribution >= 0.6 is 0 Å². The Morgan fingerprint density at radius 1 is 0.659 bits per heavy atom. The number of nitrogens with two attached hydrogens (primary N) is 1. The quantitative estimate of drug-likeness (QED) is 0.118. The molecule has 1 aromatic heterocycles. The van der Waals surface area contributed by atoms with Gasteiger partial charge in [0.25, 0.3) is 11.9 Å². The van der Waals surface area contributed by atoms with E-state index in [9.17, 15) is 10.0 Å². The van der Waals surface area contributed by atoms with E-state index < -0.39 is 18.3 Å². The number of hydrogen-bond donors (Lipinski definition) is 2. The lowest BCUT2D eigenvalue weighted by Gasteiger charge is -2.24. The lowest BCUT2D eigenvalue weighted by molar-refractivity contribution is -0.911. The van der Waals surface area contributed by atoms with Gasteiger partial charge in [-0.15, -0.1) is 0 Å². The third-order valence-electron chi connectivity index (χ3n) is 6.70. The molecule has 0 spiro atoms. The number of aromatic nitrogens is 1. The highest BCUT2D eigenvalue weighted by Crippen LogP contribution is 2.38. The number of Topliss-reactive ketones (excluding diaryl/α,β-unsaturated/α-hetero) is 1. The number of ketones is 1. The molecule has 1 unspecified atom stereocenters. The molecule has 4 aromatic carbocycles. The first-order valence-electron chi connectivity index (χ1n) is 13.2. The molecule has 206 valence electrons. The van der Waals surface area contributed by atoms with Gasteiger partial charge in [0.2, 0.25) is 11.9 Å². The summed E-state index contributed by atoms with van der Waals surface area (Å²) < 4.78 is 14.1. The van der Waals surface area contributed by atoms with Gasteiger partial charge in [0.1, 0.15) is 12.2 Å². The maximum absolute atomic E-state index is 12.3. The highest BCUT2D eigenvalue weighted by Gasteiger charge is 2.33. The van der Waals surface area contributed by atoms with Crippen molar-refractivity contribution in [2.75, 3.05) is 0 Å². The second-order valence-electron chi connectivity index (χ2n) is 9.54. The van der Waals surface area contributed by atoms with E-state index in [4.69, 9.17) is 20.2 Å². The minimum Gasteiger partial charge on any atom is -0.477 e. The number of benzene rings is 4. The molecule has 3 N–H and O–H groups in total. The minimum absolute atomic E-state index is 0.0956. The van der Waals surface area contributed by atoms with Crippen molar-refractivity contribution in [1.82, 2.24) is 0 Å². The third kappa shape index (κ3) is 6.44. The number of nitrogens with zero attached hydrogens (tertiary/aromatic N) is 1. The van der Waals surface area contributed by atoms with Crippen LogP contribution in [0, 0.1) is 0 Å². The zero-order valence-corrected chi connectivity index (χ0v) is 22.5. The first kappa shape index (κ1) is 27.6. The highest BCUT2D eigenvalue weighted by molar-refractivity contribution is 5.81. The second kappa shape index (κ2) is 12.9. The molecule has 0 aliphatic rings. The fraction of sp³-hybridized carbons (Fsp3) is 0.118. The SMILES string of the molecule is CC(=O)C(ON)c1cc(OC(c2ccccc2)c2ccccc2)c(OC(c2ccccc2)c2ccccc2)c[n+]1O. The molecule has 5 rings (SSSR count). The molecular weight excluding hydrogens is 516 g/mol. The Morgan fingerprint density at radius 2 is 1.02 bits per heavy atom. The number of hydrogen-bond acceptors (Lipinski definition) is 6. The monoisotopic (exact) mass is 547 g/mol. The summed E-state index contributed by atoms with van der Waals surface area (Å²) in [7, 11) is 0. The summed E-state index contributed by atoms with van der Waals surface area (Å²) in [5, 5.41) is 11.0. The first-order chi connectivity index (χ1) is 20.0. The molecule has 7 nitrogen and oxygen atoms in total. The second-order valence-corrected chi connectivity index (χ2v) is 9.54. The largest absolute Gasteiger partial charge is 0.477 e. The van der Waals surface area contributed by atoms with Crippen LogP contribution in [0.4, 0.5) is 0 Å². The van der Waals surface area contributed by atoms with Crippen molar-refractivity contribution in [3.05, 3.63) is 162 Å². The standard InChI is InChI=1S/C34H31N2O5/c1-24(37)32(41-35)29-22-30(39-33(25-14-6-2-7-15-25)26-16-8-3-9-17-26)31(23-36(29)38)40-34(27-18-10-4-11-19-27)28-20-12-5-13-21-28/h2-23,32-34,38H,35H2,1H3/q+1. The van der Waals surface area contributed by atoms with Crippen LogP contribution in [0.15, 0.2) is 134 Å². The van der Waals surface area contributed by atoms with Crippen LogP contribution in [-0.2, 0) is 9.63 Å². The number of carbonyl (C=O) groups excluding carboxylic acids is 1. The molecule has 0 radical (unpaired) electrons. The smallest absolute Gasteiger partial charge is 0.276 e.